The fraction of sp³-hybridized carbons (Fsp3) is 0.562. The molecule has 0 aromatic heterocycles. The normalized spacial score (nSPS) is 15.5. The predicted molar refractivity (Wildman–Crippen MR) is 174 cm³/mol. The molecule has 260 valence electrons. The third-order valence-electron chi connectivity index (χ3n) is 7.12. The number of esters is 4. The average molecular weight is 679 g/mol. The topological polar surface area (TPSA) is 187 Å². The smallest absolute Gasteiger partial charge is 0.336 e. The van der Waals surface area contributed by atoms with Crippen LogP contribution in [0.15, 0.2) is 45.1 Å². The van der Waals surface area contributed by atoms with Crippen LogP contribution in [-0.2, 0) is 47.7 Å². The summed E-state index contributed by atoms with van der Waals surface area (Å²) < 4.78 is 20.7. The molecule has 0 unspecified atom stereocenters. The summed E-state index contributed by atoms with van der Waals surface area (Å²) >= 11 is 1.42. The third-order valence-corrected chi connectivity index (χ3v) is 8.10. The quantitative estimate of drug-likeness (QED) is 0.105. The van der Waals surface area contributed by atoms with Crippen molar-refractivity contribution in [1.29, 1.82) is 0 Å². The molecule has 0 bridgehead atoms. The summed E-state index contributed by atoms with van der Waals surface area (Å²) in [4.78, 5) is 78.1. The molecule has 0 radical (unpaired) electrons. The molecule has 0 aromatic rings. The molecule has 2 amide bonds. The second-order valence-electron chi connectivity index (χ2n) is 10.3. The Kier molecular flexibility index (Phi) is 15.5. The molecule has 4 N–H and O–H groups in total. The first-order valence-electron chi connectivity index (χ1n) is 15.5. The summed E-state index contributed by atoms with van der Waals surface area (Å²) in [5.74, 6) is -5.52. The SMILES string of the molecule is CCOC(=O)C1=C(C)NC(C)=C(C(=O)OCC)C1C(=O)NCCSCCNC(=O)C1C(C(=O)OCC)=C(C)NC(C)=C1C(=O)OCC. The molecule has 14 nitrogen and oxygen atoms in total. The van der Waals surface area contributed by atoms with Gasteiger partial charge < -0.3 is 40.2 Å². The van der Waals surface area contributed by atoms with Crippen molar-refractivity contribution in [2.75, 3.05) is 51.0 Å². The van der Waals surface area contributed by atoms with Crippen molar-refractivity contribution in [3.63, 3.8) is 0 Å². The number of hydrogen-bond acceptors (Lipinski definition) is 13. The van der Waals surface area contributed by atoms with Crippen molar-refractivity contribution in [2.24, 2.45) is 11.8 Å². The van der Waals surface area contributed by atoms with Crippen molar-refractivity contribution in [3.8, 4) is 0 Å². The number of allylic oxidation sites excluding steroid dienone is 4. The number of carbonyl (C=O) groups excluding carboxylic acids is 6. The number of rotatable bonds is 16. The molecule has 15 heteroatoms. The van der Waals surface area contributed by atoms with Gasteiger partial charge in [0.1, 0.15) is 11.8 Å². The molecule has 0 aliphatic carbocycles. The van der Waals surface area contributed by atoms with Crippen LogP contribution in [0.25, 0.3) is 0 Å². The molecule has 2 rings (SSSR count). The predicted octanol–water partition coefficient (Wildman–Crippen LogP) is 1.74. The highest BCUT2D eigenvalue weighted by Gasteiger charge is 2.42. The minimum atomic E-state index is -1.22. The highest BCUT2D eigenvalue weighted by molar-refractivity contribution is 7.99. The highest BCUT2D eigenvalue weighted by Crippen LogP contribution is 2.33. The van der Waals surface area contributed by atoms with Crippen molar-refractivity contribution in [3.05, 3.63) is 45.1 Å². The van der Waals surface area contributed by atoms with E-state index in [-0.39, 0.29) is 61.8 Å². The molecule has 2 aliphatic rings. The van der Waals surface area contributed by atoms with E-state index in [1.165, 1.54) is 11.8 Å². The number of hydrogen-bond donors (Lipinski definition) is 4. The molecule has 0 atom stereocenters. The Labute approximate surface area is 279 Å². The Hall–Kier alpha value is -4.27. The molecule has 0 spiro atoms. The van der Waals surface area contributed by atoms with Crippen molar-refractivity contribution in [1.82, 2.24) is 21.3 Å². The highest BCUT2D eigenvalue weighted by atomic mass is 32.2. The van der Waals surface area contributed by atoms with E-state index in [0.29, 0.717) is 34.3 Å². The number of dihydropyridines is 2. The Morgan fingerprint density at radius 1 is 0.532 bits per heavy atom. The Morgan fingerprint density at radius 2 is 0.787 bits per heavy atom. The van der Waals surface area contributed by atoms with Gasteiger partial charge in [-0.25, -0.2) is 19.2 Å². The molecule has 0 saturated heterocycles. The average Bonchev–Trinajstić information content (AvgIpc) is 2.99. The van der Waals surface area contributed by atoms with Gasteiger partial charge in [0.15, 0.2) is 0 Å². The standard InChI is InChI=1S/C32H46N4O10S/c1-9-43-29(39)21-17(5)35-18(6)22(30(40)44-10-2)25(21)27(37)33-13-15-47-16-14-34-28(38)26-23(31(41)45-11-3)19(7)36-20(8)24(26)32(42)46-12-4/h25-26,35-36H,9-16H2,1-8H3,(H,33,37)(H,34,38). The second-order valence-corrected chi connectivity index (χ2v) is 11.6. The number of nitrogens with one attached hydrogen (secondary N) is 4. The first kappa shape index (κ1) is 38.9. The van der Waals surface area contributed by atoms with Crippen LogP contribution in [0.5, 0.6) is 0 Å². The van der Waals surface area contributed by atoms with Gasteiger partial charge in [0.05, 0.1) is 48.7 Å². The van der Waals surface area contributed by atoms with Crippen LogP contribution in [0, 0.1) is 11.8 Å². The molecule has 0 fully saturated rings. The Morgan fingerprint density at radius 3 is 1.02 bits per heavy atom. The lowest BCUT2D eigenvalue weighted by Gasteiger charge is -2.29. The molecule has 0 aromatic carbocycles. The van der Waals surface area contributed by atoms with E-state index >= 15 is 0 Å². The summed E-state index contributed by atoms with van der Waals surface area (Å²) in [6.45, 7) is 13.9. The Balaban J connectivity index is 2.06. The van der Waals surface area contributed by atoms with Gasteiger partial charge in [0.2, 0.25) is 11.8 Å². The molecule has 2 heterocycles. The lowest BCUT2D eigenvalue weighted by atomic mass is 9.84. The summed E-state index contributed by atoms with van der Waals surface area (Å²) in [5.41, 5.74) is 1.74. The van der Waals surface area contributed by atoms with Gasteiger partial charge in [-0.2, -0.15) is 11.8 Å². The summed E-state index contributed by atoms with van der Waals surface area (Å²) in [7, 11) is 0. The van der Waals surface area contributed by atoms with E-state index in [1.54, 1.807) is 55.4 Å². The zero-order chi connectivity index (χ0) is 35.3. The largest absolute Gasteiger partial charge is 0.463 e. The van der Waals surface area contributed by atoms with Gasteiger partial charge in [-0.3, -0.25) is 9.59 Å². The number of amides is 2. The van der Waals surface area contributed by atoms with E-state index in [0.717, 1.165) is 0 Å². The first-order valence-corrected chi connectivity index (χ1v) is 16.7. The maximum atomic E-state index is 13.4. The van der Waals surface area contributed by atoms with Crippen molar-refractivity contribution in [2.45, 2.75) is 55.4 Å². The van der Waals surface area contributed by atoms with Crippen LogP contribution in [-0.4, -0.2) is 86.7 Å². The van der Waals surface area contributed by atoms with Crippen molar-refractivity contribution < 1.29 is 47.7 Å². The van der Waals surface area contributed by atoms with Crippen LogP contribution in [0.3, 0.4) is 0 Å². The summed E-state index contributed by atoms with van der Waals surface area (Å²) in [6.07, 6.45) is 0. The van der Waals surface area contributed by atoms with E-state index in [4.69, 9.17) is 18.9 Å². The third kappa shape index (κ3) is 9.86. The lowest BCUT2D eigenvalue weighted by Crippen LogP contribution is -2.43. The zero-order valence-electron chi connectivity index (χ0n) is 28.3. The van der Waals surface area contributed by atoms with Crippen LogP contribution >= 0.6 is 11.8 Å². The monoisotopic (exact) mass is 678 g/mol. The second kappa shape index (κ2) is 18.8. The molecule has 2 aliphatic heterocycles. The minimum absolute atomic E-state index is 0.0317. The number of ether oxygens (including phenoxy) is 4. The maximum Gasteiger partial charge on any atom is 0.336 e. The Bertz CT molecular complexity index is 1200. The van der Waals surface area contributed by atoms with Gasteiger partial charge in [0.25, 0.3) is 0 Å². The number of carbonyl (C=O) groups is 6. The molecular weight excluding hydrogens is 632 g/mol. The van der Waals surface area contributed by atoms with Crippen LogP contribution in [0.2, 0.25) is 0 Å². The van der Waals surface area contributed by atoms with E-state index in [1.807, 2.05) is 0 Å². The van der Waals surface area contributed by atoms with Gasteiger partial charge in [-0.15, -0.1) is 0 Å². The molecule has 47 heavy (non-hydrogen) atoms. The zero-order valence-corrected chi connectivity index (χ0v) is 29.1. The van der Waals surface area contributed by atoms with Crippen LogP contribution in [0.4, 0.5) is 0 Å². The number of thioether (sulfide) groups is 1. The lowest BCUT2D eigenvalue weighted by molar-refractivity contribution is -0.143. The maximum absolute atomic E-state index is 13.4. The first-order chi connectivity index (χ1) is 22.4. The van der Waals surface area contributed by atoms with Gasteiger partial charge >= 0.3 is 23.9 Å². The van der Waals surface area contributed by atoms with Gasteiger partial charge in [-0.05, 0) is 55.4 Å². The van der Waals surface area contributed by atoms with E-state index in [9.17, 15) is 28.8 Å². The van der Waals surface area contributed by atoms with Gasteiger partial charge in [-0.1, -0.05) is 0 Å². The molecular formula is C32H46N4O10S. The fourth-order valence-electron chi connectivity index (χ4n) is 5.23. The fourth-order valence-corrected chi connectivity index (χ4v) is 5.93. The van der Waals surface area contributed by atoms with E-state index in [2.05, 4.69) is 21.3 Å². The van der Waals surface area contributed by atoms with Crippen LogP contribution in [0.1, 0.15) is 55.4 Å². The van der Waals surface area contributed by atoms with E-state index < -0.39 is 47.5 Å². The summed E-state index contributed by atoms with van der Waals surface area (Å²) in [5, 5.41) is 11.5. The van der Waals surface area contributed by atoms with Crippen molar-refractivity contribution >= 4 is 47.5 Å². The molecule has 0 saturated carbocycles. The van der Waals surface area contributed by atoms with Gasteiger partial charge in [0, 0.05) is 47.4 Å². The van der Waals surface area contributed by atoms with Crippen LogP contribution < -0.4 is 21.3 Å². The summed E-state index contributed by atoms with van der Waals surface area (Å²) in [6, 6.07) is 0. The minimum Gasteiger partial charge on any atom is -0.463 e.